The van der Waals surface area contributed by atoms with Crippen molar-refractivity contribution < 1.29 is 4.84 Å². The van der Waals surface area contributed by atoms with Gasteiger partial charge in [0.1, 0.15) is 0 Å². The average molecular weight is 207 g/mol. The highest BCUT2D eigenvalue weighted by atomic mass is 16.6. The van der Waals surface area contributed by atoms with E-state index in [0.29, 0.717) is 0 Å². The van der Waals surface area contributed by atoms with E-state index in [4.69, 9.17) is 4.84 Å². The van der Waals surface area contributed by atoms with Crippen molar-refractivity contribution in [1.82, 2.24) is 0 Å². The van der Waals surface area contributed by atoms with E-state index in [-0.39, 0.29) is 6.10 Å². The normalized spacial score (nSPS) is 25.8. The van der Waals surface area contributed by atoms with Crippen molar-refractivity contribution in [2.45, 2.75) is 64.4 Å². The first-order valence-electron chi connectivity index (χ1n) is 6.30. The maximum Gasteiger partial charge on any atom is 0.153 e. The molecule has 1 atom stereocenters. The van der Waals surface area contributed by atoms with Crippen LogP contribution in [0, 0.1) is 0 Å². The Labute approximate surface area is 92.4 Å². The van der Waals surface area contributed by atoms with Crippen LogP contribution in [0.4, 0.5) is 0 Å². The molecule has 0 aromatic rings. The Morgan fingerprint density at radius 1 is 1.47 bits per heavy atom. The molecule has 2 aliphatic rings. The molecule has 0 spiro atoms. The minimum Gasteiger partial charge on any atom is -0.388 e. The molecule has 0 aromatic carbocycles. The summed E-state index contributed by atoms with van der Waals surface area (Å²) in [5.74, 6) is 0. The molecule has 1 heterocycles. The second-order valence-electron chi connectivity index (χ2n) is 4.58. The predicted molar refractivity (Wildman–Crippen MR) is 63.0 cm³/mol. The van der Waals surface area contributed by atoms with Gasteiger partial charge in [-0.1, -0.05) is 24.6 Å². The molecule has 1 unspecified atom stereocenters. The van der Waals surface area contributed by atoms with Crippen molar-refractivity contribution in [2.24, 2.45) is 5.16 Å². The van der Waals surface area contributed by atoms with Crippen LogP contribution in [0.15, 0.2) is 16.8 Å². The van der Waals surface area contributed by atoms with Gasteiger partial charge in [0, 0.05) is 6.42 Å². The van der Waals surface area contributed by atoms with Gasteiger partial charge in [-0.25, -0.2) is 0 Å². The Balaban J connectivity index is 1.81. The molecule has 2 nitrogen and oxygen atoms in total. The molecule has 0 N–H and O–H groups in total. The van der Waals surface area contributed by atoms with Gasteiger partial charge >= 0.3 is 0 Å². The van der Waals surface area contributed by atoms with E-state index in [0.717, 1.165) is 12.8 Å². The van der Waals surface area contributed by atoms with E-state index >= 15 is 0 Å². The highest BCUT2D eigenvalue weighted by Gasteiger charge is 2.24. The zero-order chi connectivity index (χ0) is 10.5. The SMILES string of the molecule is CCCCC1=NOC(C2=CCCCC2)C1. The number of hydrogen-bond acceptors (Lipinski definition) is 2. The maximum absolute atomic E-state index is 5.52. The molecule has 2 rings (SSSR count). The molecule has 1 aliphatic heterocycles. The molecule has 0 saturated heterocycles. The summed E-state index contributed by atoms with van der Waals surface area (Å²) in [6.07, 6.45) is 12.5. The number of allylic oxidation sites excluding steroid dienone is 1. The quantitative estimate of drug-likeness (QED) is 0.642. The molecular weight excluding hydrogens is 186 g/mol. The van der Waals surface area contributed by atoms with Gasteiger partial charge in [0.15, 0.2) is 6.10 Å². The van der Waals surface area contributed by atoms with Crippen LogP contribution in [0.1, 0.15) is 58.3 Å². The van der Waals surface area contributed by atoms with Crippen molar-refractivity contribution in [1.29, 1.82) is 0 Å². The van der Waals surface area contributed by atoms with Gasteiger partial charge < -0.3 is 4.84 Å². The highest BCUT2D eigenvalue weighted by molar-refractivity contribution is 5.85. The van der Waals surface area contributed by atoms with Crippen molar-refractivity contribution in [3.63, 3.8) is 0 Å². The van der Waals surface area contributed by atoms with Crippen molar-refractivity contribution in [3.8, 4) is 0 Å². The Morgan fingerprint density at radius 2 is 2.40 bits per heavy atom. The van der Waals surface area contributed by atoms with Gasteiger partial charge in [-0.3, -0.25) is 0 Å². The van der Waals surface area contributed by atoms with E-state index < -0.39 is 0 Å². The van der Waals surface area contributed by atoms with Crippen LogP contribution in [-0.4, -0.2) is 11.8 Å². The second kappa shape index (κ2) is 5.34. The summed E-state index contributed by atoms with van der Waals surface area (Å²) < 4.78 is 0. The fraction of sp³-hybridized carbons (Fsp3) is 0.769. The van der Waals surface area contributed by atoms with Gasteiger partial charge in [-0.2, -0.15) is 0 Å². The van der Waals surface area contributed by atoms with Gasteiger partial charge in [-0.15, -0.1) is 0 Å². The topological polar surface area (TPSA) is 21.6 Å². The van der Waals surface area contributed by atoms with Crippen molar-refractivity contribution in [3.05, 3.63) is 11.6 Å². The lowest BCUT2D eigenvalue weighted by Crippen LogP contribution is -2.13. The van der Waals surface area contributed by atoms with Gasteiger partial charge in [0.05, 0.1) is 5.71 Å². The van der Waals surface area contributed by atoms with Crippen molar-refractivity contribution in [2.75, 3.05) is 0 Å². The van der Waals surface area contributed by atoms with Crippen molar-refractivity contribution >= 4 is 5.71 Å². The van der Waals surface area contributed by atoms with E-state index in [1.165, 1.54) is 49.8 Å². The number of nitrogens with zero attached hydrogens (tertiary/aromatic N) is 1. The predicted octanol–water partition coefficient (Wildman–Crippen LogP) is 3.82. The Morgan fingerprint density at radius 3 is 3.13 bits per heavy atom. The van der Waals surface area contributed by atoms with E-state index in [9.17, 15) is 0 Å². The average Bonchev–Trinajstić information content (AvgIpc) is 2.76. The van der Waals surface area contributed by atoms with E-state index in [1.807, 2.05) is 0 Å². The smallest absolute Gasteiger partial charge is 0.153 e. The second-order valence-corrected chi connectivity index (χ2v) is 4.58. The minimum absolute atomic E-state index is 0.289. The molecule has 15 heavy (non-hydrogen) atoms. The zero-order valence-electron chi connectivity index (χ0n) is 9.67. The van der Waals surface area contributed by atoms with E-state index in [2.05, 4.69) is 18.2 Å². The van der Waals surface area contributed by atoms with Gasteiger partial charge in [0.2, 0.25) is 0 Å². The third-order valence-electron chi connectivity index (χ3n) is 3.29. The monoisotopic (exact) mass is 207 g/mol. The lowest BCUT2D eigenvalue weighted by atomic mass is 9.92. The molecule has 0 radical (unpaired) electrons. The molecule has 0 bridgehead atoms. The minimum atomic E-state index is 0.289. The molecule has 0 fully saturated rings. The molecule has 84 valence electrons. The van der Waals surface area contributed by atoms with Crippen LogP contribution in [0.5, 0.6) is 0 Å². The van der Waals surface area contributed by atoms with Crippen LogP contribution < -0.4 is 0 Å². The number of oxime groups is 1. The molecule has 1 aliphatic carbocycles. The molecule has 0 aromatic heterocycles. The largest absolute Gasteiger partial charge is 0.388 e. The molecule has 2 heteroatoms. The van der Waals surface area contributed by atoms with Crippen LogP contribution in [0.25, 0.3) is 0 Å². The number of rotatable bonds is 4. The summed E-state index contributed by atoms with van der Waals surface area (Å²) in [4.78, 5) is 5.52. The lowest BCUT2D eigenvalue weighted by molar-refractivity contribution is 0.107. The standard InChI is InChI=1S/C13H21NO/c1-2-3-9-12-10-13(15-14-12)11-7-5-4-6-8-11/h7,13H,2-6,8-10H2,1H3. The van der Waals surface area contributed by atoms with Crippen LogP contribution in [0.3, 0.4) is 0 Å². The van der Waals surface area contributed by atoms with Gasteiger partial charge in [-0.05, 0) is 44.1 Å². The molecule has 0 amide bonds. The zero-order valence-corrected chi connectivity index (χ0v) is 9.67. The fourth-order valence-electron chi connectivity index (χ4n) is 2.31. The lowest BCUT2D eigenvalue weighted by Gasteiger charge is -2.16. The summed E-state index contributed by atoms with van der Waals surface area (Å²) in [6.45, 7) is 2.22. The first kappa shape index (κ1) is 10.7. The first-order valence-corrected chi connectivity index (χ1v) is 6.30. The third-order valence-corrected chi connectivity index (χ3v) is 3.29. The van der Waals surface area contributed by atoms with Crippen LogP contribution in [-0.2, 0) is 4.84 Å². The van der Waals surface area contributed by atoms with Crippen LogP contribution >= 0.6 is 0 Å². The number of unbranched alkanes of at least 4 members (excludes halogenated alkanes) is 1. The Hall–Kier alpha value is -0.790. The Kier molecular flexibility index (Phi) is 3.81. The summed E-state index contributed by atoms with van der Waals surface area (Å²) in [6, 6.07) is 0. The molecule has 0 saturated carbocycles. The fourth-order valence-corrected chi connectivity index (χ4v) is 2.31. The summed E-state index contributed by atoms with van der Waals surface area (Å²) in [5, 5.41) is 4.21. The summed E-state index contributed by atoms with van der Waals surface area (Å²) in [7, 11) is 0. The summed E-state index contributed by atoms with van der Waals surface area (Å²) in [5.41, 5.74) is 2.77. The van der Waals surface area contributed by atoms with E-state index in [1.54, 1.807) is 0 Å². The maximum atomic E-state index is 5.52. The number of hydrogen-bond donors (Lipinski definition) is 0. The first-order chi connectivity index (χ1) is 7.40. The van der Waals surface area contributed by atoms with Gasteiger partial charge in [0.25, 0.3) is 0 Å². The Bertz CT molecular complexity index is 268. The molecular formula is C13H21NO. The highest BCUT2D eigenvalue weighted by Crippen LogP contribution is 2.28. The summed E-state index contributed by atoms with van der Waals surface area (Å²) >= 11 is 0. The van der Waals surface area contributed by atoms with Crippen LogP contribution in [0.2, 0.25) is 0 Å². The third kappa shape index (κ3) is 2.83.